The van der Waals surface area contributed by atoms with Gasteiger partial charge in [0.2, 0.25) is 0 Å². The van der Waals surface area contributed by atoms with Crippen molar-refractivity contribution in [1.82, 2.24) is 4.98 Å². The molecule has 3 rings (SSSR count). The molecule has 0 aliphatic carbocycles. The minimum Gasteiger partial charge on any atom is -0.508 e. The van der Waals surface area contributed by atoms with Crippen LogP contribution in [0.5, 0.6) is 5.75 Å². The van der Waals surface area contributed by atoms with Crippen molar-refractivity contribution in [1.29, 1.82) is 0 Å². The molecule has 0 aliphatic heterocycles. The molecule has 2 N–H and O–H groups in total. The van der Waals surface area contributed by atoms with Crippen LogP contribution in [0.3, 0.4) is 0 Å². The minimum atomic E-state index is 0.195. The van der Waals surface area contributed by atoms with Crippen molar-refractivity contribution in [2.75, 3.05) is 5.32 Å². The van der Waals surface area contributed by atoms with Gasteiger partial charge in [-0.15, -0.1) is 11.3 Å². The molecule has 0 saturated carbocycles. The lowest BCUT2D eigenvalue weighted by molar-refractivity contribution is 0.476. The van der Waals surface area contributed by atoms with Crippen LogP contribution in [0.4, 0.5) is 5.82 Å². The number of thiophene rings is 1. The lowest BCUT2D eigenvalue weighted by Crippen LogP contribution is -2.06. The Labute approximate surface area is 115 Å². The molecule has 0 saturated heterocycles. The third-order valence-corrected chi connectivity index (χ3v) is 4.13. The molecule has 0 fully saturated rings. The number of pyridine rings is 1. The van der Waals surface area contributed by atoms with Gasteiger partial charge in [-0.3, -0.25) is 0 Å². The predicted octanol–water partition coefficient (Wildman–Crippen LogP) is 4.18. The molecule has 3 nitrogen and oxygen atoms in total. The number of phenolic OH excluding ortho intramolecular Hbond substituents is 1. The Kier molecular flexibility index (Phi) is 3.09. The number of nitrogens with zero attached hydrogens (tertiary/aromatic N) is 1. The molecular weight excluding hydrogens is 256 g/mol. The quantitative estimate of drug-likeness (QED) is 0.750. The van der Waals surface area contributed by atoms with Gasteiger partial charge in [-0.1, -0.05) is 12.1 Å². The zero-order valence-electron chi connectivity index (χ0n) is 10.5. The smallest absolute Gasteiger partial charge is 0.134 e. The van der Waals surface area contributed by atoms with Gasteiger partial charge < -0.3 is 10.4 Å². The third-order valence-electron chi connectivity index (χ3n) is 3.07. The zero-order valence-corrected chi connectivity index (χ0v) is 11.3. The highest BCUT2D eigenvalue weighted by molar-refractivity contribution is 7.10. The van der Waals surface area contributed by atoms with Gasteiger partial charge in [-0.2, -0.15) is 0 Å². The molecular formula is C15H14N2OS. The fourth-order valence-corrected chi connectivity index (χ4v) is 2.82. The number of aromatic hydroxyl groups is 1. The average Bonchev–Trinajstić information content (AvgIpc) is 2.93. The second-order valence-corrected chi connectivity index (χ2v) is 5.43. The maximum Gasteiger partial charge on any atom is 0.134 e. The lowest BCUT2D eigenvalue weighted by atomic mass is 10.1. The van der Waals surface area contributed by atoms with Gasteiger partial charge in [0, 0.05) is 16.5 Å². The number of rotatable bonds is 3. The van der Waals surface area contributed by atoms with Crippen molar-refractivity contribution in [3.8, 4) is 5.75 Å². The molecule has 1 atom stereocenters. The van der Waals surface area contributed by atoms with Crippen LogP contribution in [-0.4, -0.2) is 10.1 Å². The Morgan fingerprint density at radius 2 is 2.16 bits per heavy atom. The van der Waals surface area contributed by atoms with Crippen molar-refractivity contribution in [2.45, 2.75) is 13.0 Å². The molecule has 3 aromatic rings. The van der Waals surface area contributed by atoms with Crippen LogP contribution < -0.4 is 5.32 Å². The topological polar surface area (TPSA) is 45.2 Å². The average molecular weight is 270 g/mol. The Hall–Kier alpha value is -2.07. The molecule has 0 bridgehead atoms. The maximum absolute atomic E-state index is 9.62. The number of aromatic nitrogens is 1. The number of hydrogen-bond donors (Lipinski definition) is 2. The SMILES string of the molecule is CC(Nc1nccc2ccc(O)cc12)c1cccs1. The summed E-state index contributed by atoms with van der Waals surface area (Å²) in [6, 6.07) is 11.6. The van der Waals surface area contributed by atoms with Crippen LogP contribution in [0.25, 0.3) is 10.8 Å². The van der Waals surface area contributed by atoms with E-state index in [9.17, 15) is 5.11 Å². The monoisotopic (exact) mass is 270 g/mol. The Morgan fingerprint density at radius 3 is 2.95 bits per heavy atom. The highest BCUT2D eigenvalue weighted by atomic mass is 32.1. The second-order valence-electron chi connectivity index (χ2n) is 4.45. The third kappa shape index (κ3) is 2.39. The fraction of sp³-hybridized carbons (Fsp3) is 0.133. The van der Waals surface area contributed by atoms with Crippen molar-refractivity contribution in [2.24, 2.45) is 0 Å². The molecule has 0 spiro atoms. The highest BCUT2D eigenvalue weighted by Gasteiger charge is 2.09. The summed E-state index contributed by atoms with van der Waals surface area (Å²) in [4.78, 5) is 5.64. The molecule has 1 unspecified atom stereocenters. The van der Waals surface area contributed by atoms with Crippen molar-refractivity contribution in [3.63, 3.8) is 0 Å². The Bertz CT molecular complexity index is 694. The standard InChI is InChI=1S/C15H14N2OS/c1-10(14-3-2-8-19-14)17-15-13-9-12(18)5-4-11(13)6-7-16-15/h2-10,18H,1H3,(H,16,17). The summed E-state index contributed by atoms with van der Waals surface area (Å²) >= 11 is 1.72. The van der Waals surface area contributed by atoms with E-state index in [1.807, 2.05) is 18.2 Å². The fourth-order valence-electron chi connectivity index (χ4n) is 2.09. The van der Waals surface area contributed by atoms with Gasteiger partial charge in [0.25, 0.3) is 0 Å². The van der Waals surface area contributed by atoms with Crippen molar-refractivity contribution >= 4 is 27.9 Å². The first-order chi connectivity index (χ1) is 9.24. The van der Waals surface area contributed by atoms with E-state index in [0.717, 1.165) is 16.6 Å². The number of hydrogen-bond acceptors (Lipinski definition) is 4. The van der Waals surface area contributed by atoms with Crippen molar-refractivity contribution in [3.05, 3.63) is 52.9 Å². The first-order valence-corrected chi connectivity index (χ1v) is 6.99. The summed E-state index contributed by atoms with van der Waals surface area (Å²) in [5.74, 6) is 1.06. The van der Waals surface area contributed by atoms with E-state index in [1.165, 1.54) is 4.88 Å². The lowest BCUT2D eigenvalue weighted by Gasteiger charge is -2.14. The summed E-state index contributed by atoms with van der Waals surface area (Å²) in [7, 11) is 0. The Balaban J connectivity index is 1.98. The molecule has 19 heavy (non-hydrogen) atoms. The molecule has 0 radical (unpaired) electrons. The maximum atomic E-state index is 9.62. The second kappa shape index (κ2) is 4.90. The number of anilines is 1. The van der Waals surface area contributed by atoms with Crippen LogP contribution in [0.1, 0.15) is 17.8 Å². The van der Waals surface area contributed by atoms with Crippen molar-refractivity contribution < 1.29 is 5.11 Å². The number of fused-ring (bicyclic) bond motifs is 1. The van der Waals surface area contributed by atoms with E-state index in [2.05, 4.69) is 28.7 Å². The van der Waals surface area contributed by atoms with Crippen LogP contribution >= 0.6 is 11.3 Å². The largest absolute Gasteiger partial charge is 0.508 e. The number of phenols is 1. The zero-order chi connectivity index (χ0) is 13.2. The van der Waals surface area contributed by atoms with Crippen LogP contribution in [0.15, 0.2) is 48.0 Å². The summed E-state index contributed by atoms with van der Waals surface area (Å²) in [6.07, 6.45) is 1.78. The highest BCUT2D eigenvalue weighted by Crippen LogP contribution is 2.28. The first kappa shape index (κ1) is 12.0. The van der Waals surface area contributed by atoms with Crippen LogP contribution in [-0.2, 0) is 0 Å². The minimum absolute atomic E-state index is 0.195. The molecule has 0 amide bonds. The van der Waals surface area contributed by atoms with Crippen LogP contribution in [0.2, 0.25) is 0 Å². The van der Waals surface area contributed by atoms with Gasteiger partial charge in [-0.05, 0) is 42.0 Å². The number of nitrogens with one attached hydrogen (secondary N) is 1. The van der Waals surface area contributed by atoms with Gasteiger partial charge in [-0.25, -0.2) is 4.98 Å². The Morgan fingerprint density at radius 1 is 1.26 bits per heavy atom. The molecule has 4 heteroatoms. The van der Waals surface area contributed by atoms with Gasteiger partial charge in [0.15, 0.2) is 0 Å². The van der Waals surface area contributed by atoms with E-state index in [4.69, 9.17) is 0 Å². The van der Waals surface area contributed by atoms with E-state index in [-0.39, 0.29) is 11.8 Å². The first-order valence-electron chi connectivity index (χ1n) is 6.12. The van der Waals surface area contributed by atoms with Gasteiger partial charge in [0.1, 0.15) is 11.6 Å². The number of benzene rings is 1. The van der Waals surface area contributed by atoms with E-state index < -0.39 is 0 Å². The van der Waals surface area contributed by atoms with Gasteiger partial charge in [0.05, 0.1) is 6.04 Å². The molecule has 2 aromatic heterocycles. The van der Waals surface area contributed by atoms with E-state index in [1.54, 1.807) is 29.7 Å². The predicted molar refractivity (Wildman–Crippen MR) is 79.8 cm³/mol. The summed E-state index contributed by atoms with van der Waals surface area (Å²) in [5.41, 5.74) is 0. The summed E-state index contributed by atoms with van der Waals surface area (Å²) in [6.45, 7) is 2.11. The molecule has 96 valence electrons. The van der Waals surface area contributed by atoms with E-state index >= 15 is 0 Å². The summed E-state index contributed by atoms with van der Waals surface area (Å²) in [5, 5.41) is 17.1. The normalized spacial score (nSPS) is 12.5. The van der Waals surface area contributed by atoms with Crippen LogP contribution in [0, 0.1) is 0 Å². The molecule has 2 heterocycles. The summed E-state index contributed by atoms with van der Waals surface area (Å²) < 4.78 is 0. The van der Waals surface area contributed by atoms with E-state index in [0.29, 0.717) is 0 Å². The molecule has 0 aliphatic rings. The molecule has 1 aromatic carbocycles. The van der Waals surface area contributed by atoms with Gasteiger partial charge >= 0.3 is 0 Å².